The molecule has 1 unspecified atom stereocenters. The third-order valence-electron chi connectivity index (χ3n) is 0.679. The van der Waals surface area contributed by atoms with Crippen LogP contribution >= 0.6 is 29.6 Å². The molecule has 11 heavy (non-hydrogen) atoms. The Morgan fingerprint density at radius 3 is 2.73 bits per heavy atom. The van der Waals surface area contributed by atoms with E-state index in [0.717, 1.165) is 5.75 Å². The van der Waals surface area contributed by atoms with Crippen molar-refractivity contribution in [2.75, 3.05) is 12.4 Å². The van der Waals surface area contributed by atoms with E-state index in [9.17, 15) is 4.57 Å². The smallest absolute Gasteiger partial charge is 0.323 e. The zero-order valence-electron chi connectivity index (χ0n) is 6.70. The van der Waals surface area contributed by atoms with E-state index in [2.05, 4.69) is 5.16 Å². The molecule has 0 spiro atoms. The zero-order valence-corrected chi connectivity index (χ0v) is 9.17. The van der Waals surface area contributed by atoms with Gasteiger partial charge in [0.2, 0.25) is 0 Å². The van der Waals surface area contributed by atoms with Crippen molar-refractivity contribution < 1.29 is 9.19 Å². The monoisotopic (exact) mass is 215 g/mol. The van der Waals surface area contributed by atoms with E-state index in [1.54, 1.807) is 6.92 Å². The highest BCUT2D eigenvalue weighted by atomic mass is 35.5. The van der Waals surface area contributed by atoms with Gasteiger partial charge in [-0.2, -0.15) is 0 Å². The topological polar surface area (TPSA) is 38.7 Å². The summed E-state index contributed by atoms with van der Waals surface area (Å²) in [6, 6.07) is 0. The van der Waals surface area contributed by atoms with Crippen molar-refractivity contribution >= 4 is 34.7 Å². The van der Waals surface area contributed by atoms with Crippen LogP contribution < -0.4 is 0 Å². The molecular weight excluding hydrogens is 205 g/mol. The largest absolute Gasteiger partial charge is 0.328 e. The highest BCUT2D eigenvalue weighted by Gasteiger charge is 2.15. The number of hydrogen-bond acceptors (Lipinski definition) is 4. The highest BCUT2D eigenvalue weighted by molar-refractivity contribution is 8.56. The van der Waals surface area contributed by atoms with Crippen molar-refractivity contribution in [1.82, 2.24) is 0 Å². The number of hydrogen-bond donors (Lipinski definition) is 0. The molecule has 0 bridgehead atoms. The lowest BCUT2D eigenvalue weighted by Crippen LogP contribution is -1.81. The minimum absolute atomic E-state index is 0.253. The average Bonchev–Trinajstić information content (AvgIpc) is 1.84. The van der Waals surface area contributed by atoms with Crippen molar-refractivity contribution in [3.05, 3.63) is 0 Å². The molecule has 0 aromatic rings. The second-order valence-electron chi connectivity index (χ2n) is 1.86. The number of nitrogens with zero attached hydrogens (tertiary/aromatic N) is 1. The normalized spacial score (nSPS) is 17.6. The molecule has 0 saturated heterocycles. The summed E-state index contributed by atoms with van der Waals surface area (Å²) in [5.74, 6) is 0.741. The molecule has 0 aliphatic carbocycles. The quantitative estimate of drug-likeness (QED) is 0.411. The molecule has 0 N–H and O–H groups in total. The molecule has 0 aromatic carbocycles. The molecule has 0 radical (unpaired) electrons. The lowest BCUT2D eigenvalue weighted by Gasteiger charge is -2.06. The predicted octanol–water partition coefficient (Wildman–Crippen LogP) is 3.15. The Bertz CT molecular complexity index is 193. The molecule has 0 amide bonds. The Morgan fingerprint density at radius 2 is 2.36 bits per heavy atom. The van der Waals surface area contributed by atoms with Gasteiger partial charge in [-0.25, -0.2) is 0 Å². The first-order valence-electron chi connectivity index (χ1n) is 3.09. The number of rotatable bonds is 4. The maximum Gasteiger partial charge on any atom is 0.323 e. The van der Waals surface area contributed by atoms with Crippen LogP contribution in [0.4, 0.5) is 0 Å². The van der Waals surface area contributed by atoms with Crippen LogP contribution in [-0.2, 0) is 9.19 Å². The van der Waals surface area contributed by atoms with Crippen molar-refractivity contribution in [3.63, 3.8) is 0 Å². The van der Waals surface area contributed by atoms with E-state index in [4.69, 9.17) is 16.2 Å². The molecule has 0 rings (SSSR count). The van der Waals surface area contributed by atoms with E-state index in [1.165, 1.54) is 18.0 Å². The van der Waals surface area contributed by atoms with Gasteiger partial charge in [0.25, 0.3) is 0 Å². The fraction of sp³-hybridized carbons (Fsp3) is 0.800. The fourth-order valence-corrected chi connectivity index (χ4v) is 2.91. The van der Waals surface area contributed by atoms with Crippen LogP contribution in [-0.4, -0.2) is 17.6 Å². The summed E-state index contributed by atoms with van der Waals surface area (Å²) in [5, 5.41) is 3.67. The summed E-state index contributed by atoms with van der Waals surface area (Å²) in [5.41, 5.74) is 0. The predicted molar refractivity (Wildman–Crippen MR) is 51.7 cm³/mol. The maximum atomic E-state index is 11.3. The third-order valence-corrected chi connectivity index (χ3v) is 4.23. The molecule has 66 valence electrons. The van der Waals surface area contributed by atoms with E-state index >= 15 is 0 Å². The molecule has 0 aromatic heterocycles. The molecule has 0 heterocycles. The molecule has 1 atom stereocenters. The average molecular weight is 216 g/mol. The van der Waals surface area contributed by atoms with Crippen molar-refractivity contribution in [3.8, 4) is 0 Å². The van der Waals surface area contributed by atoms with Crippen LogP contribution in [0, 0.1) is 0 Å². The van der Waals surface area contributed by atoms with Gasteiger partial charge in [0.15, 0.2) is 0 Å². The van der Waals surface area contributed by atoms with Crippen molar-refractivity contribution in [2.45, 2.75) is 13.8 Å². The van der Waals surface area contributed by atoms with Crippen LogP contribution in [0.2, 0.25) is 0 Å². The van der Waals surface area contributed by atoms with E-state index in [0.29, 0.717) is 0 Å². The first-order valence-corrected chi connectivity index (χ1v) is 7.13. The van der Waals surface area contributed by atoms with Gasteiger partial charge in [0, 0.05) is 12.4 Å². The second-order valence-corrected chi connectivity index (χ2v) is 7.71. The number of oxime groups is 1. The Morgan fingerprint density at radius 1 is 1.82 bits per heavy atom. The summed E-state index contributed by atoms with van der Waals surface area (Å²) in [7, 11) is 0. The van der Waals surface area contributed by atoms with Crippen LogP contribution in [0.3, 0.4) is 0 Å². The van der Waals surface area contributed by atoms with Gasteiger partial charge in [-0.1, -0.05) is 35.1 Å². The molecule has 0 aliphatic rings. The summed E-state index contributed by atoms with van der Waals surface area (Å²) < 4.78 is 16.0. The van der Waals surface area contributed by atoms with Crippen LogP contribution in [0.1, 0.15) is 13.8 Å². The highest BCUT2D eigenvalue weighted by Crippen LogP contribution is 2.56. The zero-order chi connectivity index (χ0) is 8.91. The van der Waals surface area contributed by atoms with Crippen molar-refractivity contribution in [2.24, 2.45) is 5.16 Å². The molecule has 0 saturated carbocycles. The minimum Gasteiger partial charge on any atom is -0.328 e. The SMILES string of the molecule is CCSP(C)(=O)O/N=C(/C)Cl. The Kier molecular flexibility index (Phi) is 5.23. The van der Waals surface area contributed by atoms with Gasteiger partial charge in [-0.05, 0) is 6.92 Å². The van der Waals surface area contributed by atoms with E-state index < -0.39 is 6.57 Å². The van der Waals surface area contributed by atoms with Gasteiger partial charge < -0.3 is 4.62 Å². The van der Waals surface area contributed by atoms with Gasteiger partial charge in [0.1, 0.15) is 5.17 Å². The van der Waals surface area contributed by atoms with Gasteiger partial charge in [-0.15, -0.1) is 0 Å². The van der Waals surface area contributed by atoms with Crippen LogP contribution in [0.25, 0.3) is 0 Å². The lowest BCUT2D eigenvalue weighted by atomic mass is 10.9. The Labute approximate surface area is 75.7 Å². The second kappa shape index (κ2) is 5.07. The molecule has 0 fully saturated rings. The fourth-order valence-electron chi connectivity index (χ4n) is 0.388. The molecule has 3 nitrogen and oxygen atoms in total. The van der Waals surface area contributed by atoms with Gasteiger partial charge in [-0.3, -0.25) is 4.57 Å². The lowest BCUT2D eigenvalue weighted by molar-refractivity contribution is 0.352. The maximum absolute atomic E-state index is 11.3. The Balaban J connectivity index is 3.93. The Hall–Kier alpha value is 0.340. The van der Waals surface area contributed by atoms with E-state index in [1.807, 2.05) is 6.92 Å². The van der Waals surface area contributed by atoms with Gasteiger partial charge >= 0.3 is 6.57 Å². The van der Waals surface area contributed by atoms with Crippen LogP contribution in [0.15, 0.2) is 5.16 Å². The number of halogens is 1. The standard InChI is InChI=1S/C5H11ClNO2PS/c1-4-11-10(3,8)9-7-5(2)6/h4H2,1-3H3/b7-5-. The van der Waals surface area contributed by atoms with Gasteiger partial charge in [0.05, 0.1) is 0 Å². The first-order chi connectivity index (χ1) is 4.98. The minimum atomic E-state index is -2.60. The molecule has 0 aliphatic heterocycles. The molecule has 6 heteroatoms. The van der Waals surface area contributed by atoms with Crippen molar-refractivity contribution in [1.29, 1.82) is 0 Å². The first kappa shape index (κ1) is 11.3. The van der Waals surface area contributed by atoms with Crippen LogP contribution in [0.5, 0.6) is 0 Å². The van der Waals surface area contributed by atoms with E-state index in [-0.39, 0.29) is 5.17 Å². The summed E-state index contributed by atoms with van der Waals surface area (Å²) >= 11 is 6.62. The third kappa shape index (κ3) is 6.73. The molecular formula is C5H11ClNO2PS. The summed E-state index contributed by atoms with van der Waals surface area (Å²) in [6.07, 6.45) is 0. The summed E-state index contributed by atoms with van der Waals surface area (Å²) in [6.45, 7) is 2.39. The summed E-state index contributed by atoms with van der Waals surface area (Å²) in [4.78, 5) is 0.